The Bertz CT molecular complexity index is 545. The summed E-state index contributed by atoms with van der Waals surface area (Å²) in [6.45, 7) is 6.17. The molecular formula is C15H22ClN3O3. The number of halogens is 1. The quantitative estimate of drug-likeness (QED) is 0.666. The van der Waals surface area contributed by atoms with Crippen LogP contribution in [0, 0.1) is 17.0 Å². The summed E-state index contributed by atoms with van der Waals surface area (Å²) in [5, 5.41) is 14.2. The summed E-state index contributed by atoms with van der Waals surface area (Å²) >= 11 is 0. The molecule has 1 aliphatic rings. The lowest BCUT2D eigenvalue weighted by Crippen LogP contribution is -2.42. The molecule has 2 rings (SSSR count). The number of hydrogen-bond donors (Lipinski definition) is 1. The number of amides is 1. The minimum absolute atomic E-state index is 0. The van der Waals surface area contributed by atoms with Gasteiger partial charge in [0.25, 0.3) is 11.6 Å². The van der Waals surface area contributed by atoms with Gasteiger partial charge in [0, 0.05) is 36.8 Å². The third-order valence-corrected chi connectivity index (χ3v) is 3.72. The van der Waals surface area contributed by atoms with Gasteiger partial charge in [0.1, 0.15) is 0 Å². The number of rotatable bonds is 5. The van der Waals surface area contributed by atoms with Gasteiger partial charge in [0.05, 0.1) is 4.92 Å². The molecule has 1 atom stereocenters. The van der Waals surface area contributed by atoms with Gasteiger partial charge >= 0.3 is 0 Å². The summed E-state index contributed by atoms with van der Waals surface area (Å²) in [4.78, 5) is 25.1. The van der Waals surface area contributed by atoms with Gasteiger partial charge in [-0.2, -0.15) is 0 Å². The molecule has 1 aliphatic heterocycles. The predicted octanol–water partition coefficient (Wildman–Crippen LogP) is 2.54. The van der Waals surface area contributed by atoms with Crippen LogP contribution in [-0.2, 0) is 0 Å². The zero-order valence-corrected chi connectivity index (χ0v) is 13.7. The fourth-order valence-electron chi connectivity index (χ4n) is 2.75. The van der Waals surface area contributed by atoms with Gasteiger partial charge in [-0.3, -0.25) is 14.9 Å². The average Bonchev–Trinajstić information content (AvgIpc) is 2.97. The van der Waals surface area contributed by atoms with Crippen molar-refractivity contribution < 1.29 is 9.72 Å². The molecule has 122 valence electrons. The van der Waals surface area contributed by atoms with Gasteiger partial charge in [-0.05, 0) is 37.9 Å². The smallest absolute Gasteiger partial charge is 0.270 e. The van der Waals surface area contributed by atoms with Gasteiger partial charge in [0.15, 0.2) is 0 Å². The van der Waals surface area contributed by atoms with E-state index >= 15 is 0 Å². The number of nitro groups is 1. The van der Waals surface area contributed by atoms with Crippen molar-refractivity contribution in [3.05, 3.63) is 39.4 Å². The minimum Gasteiger partial charge on any atom is -0.334 e. The lowest BCUT2D eigenvalue weighted by molar-refractivity contribution is -0.384. The van der Waals surface area contributed by atoms with Crippen LogP contribution in [-0.4, -0.2) is 41.4 Å². The molecule has 0 saturated carbocycles. The van der Waals surface area contributed by atoms with Crippen molar-refractivity contribution in [3.63, 3.8) is 0 Å². The summed E-state index contributed by atoms with van der Waals surface area (Å²) in [5.74, 6) is -0.114. The highest BCUT2D eigenvalue weighted by atomic mass is 35.5. The number of carbonyl (C=O) groups excluding carboxylic acids is 1. The van der Waals surface area contributed by atoms with Crippen molar-refractivity contribution in [2.45, 2.75) is 32.7 Å². The molecule has 0 aromatic heterocycles. The monoisotopic (exact) mass is 327 g/mol. The van der Waals surface area contributed by atoms with Crippen molar-refractivity contribution in [2.24, 2.45) is 0 Å². The van der Waals surface area contributed by atoms with E-state index in [0.29, 0.717) is 12.1 Å². The van der Waals surface area contributed by atoms with E-state index in [2.05, 4.69) is 5.32 Å². The zero-order chi connectivity index (χ0) is 15.4. The van der Waals surface area contributed by atoms with Crippen LogP contribution in [0.1, 0.15) is 35.7 Å². The summed E-state index contributed by atoms with van der Waals surface area (Å²) in [7, 11) is 0. The number of benzene rings is 1. The highest BCUT2D eigenvalue weighted by molar-refractivity contribution is 5.95. The first-order valence-electron chi connectivity index (χ1n) is 7.30. The molecular weight excluding hydrogens is 306 g/mol. The first-order valence-corrected chi connectivity index (χ1v) is 7.30. The number of carbonyl (C=O) groups is 1. The Hall–Kier alpha value is -1.66. The van der Waals surface area contributed by atoms with E-state index in [1.807, 2.05) is 11.8 Å². The van der Waals surface area contributed by atoms with Crippen molar-refractivity contribution in [2.75, 3.05) is 19.6 Å². The molecule has 1 aromatic carbocycles. The van der Waals surface area contributed by atoms with Crippen LogP contribution >= 0.6 is 12.4 Å². The van der Waals surface area contributed by atoms with Crippen LogP contribution in [0.25, 0.3) is 0 Å². The van der Waals surface area contributed by atoms with Gasteiger partial charge in [0.2, 0.25) is 0 Å². The van der Waals surface area contributed by atoms with Crippen LogP contribution in [0.5, 0.6) is 0 Å². The van der Waals surface area contributed by atoms with Crippen LogP contribution in [0.4, 0.5) is 5.69 Å². The average molecular weight is 328 g/mol. The molecule has 1 N–H and O–H groups in total. The maximum Gasteiger partial charge on any atom is 0.270 e. The fraction of sp³-hybridized carbons (Fsp3) is 0.533. The number of aryl methyl sites for hydroxylation is 1. The Morgan fingerprint density at radius 2 is 2.18 bits per heavy atom. The molecule has 1 saturated heterocycles. The number of non-ortho nitro benzene ring substituents is 1. The van der Waals surface area contributed by atoms with Crippen LogP contribution in [0.3, 0.4) is 0 Å². The summed E-state index contributed by atoms with van der Waals surface area (Å²) in [6, 6.07) is 4.76. The third kappa shape index (κ3) is 4.18. The normalized spacial score (nSPS) is 16.9. The minimum atomic E-state index is -0.453. The van der Waals surface area contributed by atoms with E-state index in [9.17, 15) is 14.9 Å². The van der Waals surface area contributed by atoms with E-state index in [4.69, 9.17) is 0 Å². The second kappa shape index (κ2) is 8.10. The molecule has 1 amide bonds. The molecule has 22 heavy (non-hydrogen) atoms. The second-order valence-corrected chi connectivity index (χ2v) is 5.46. The first kappa shape index (κ1) is 18.4. The first-order chi connectivity index (χ1) is 10.0. The second-order valence-electron chi connectivity index (χ2n) is 5.46. The molecule has 0 radical (unpaired) electrons. The fourth-order valence-corrected chi connectivity index (χ4v) is 2.75. The maximum absolute atomic E-state index is 12.7. The zero-order valence-electron chi connectivity index (χ0n) is 12.9. The molecule has 0 spiro atoms. The van der Waals surface area contributed by atoms with E-state index in [-0.39, 0.29) is 30.0 Å². The summed E-state index contributed by atoms with van der Waals surface area (Å²) in [5.41, 5.74) is 1.11. The standard InChI is InChI=1S/C15H21N3O3.ClH/c1-3-6-17(13-4-5-16-10-13)15(19)12-7-11(2)8-14(9-12)18(20)21;/h7-9,13,16H,3-6,10H2,1-2H3;1H. The molecule has 1 fully saturated rings. The van der Waals surface area contributed by atoms with Gasteiger partial charge in [-0.15, -0.1) is 12.4 Å². The van der Waals surface area contributed by atoms with E-state index in [1.165, 1.54) is 12.1 Å². The Kier molecular flexibility index (Phi) is 6.77. The largest absolute Gasteiger partial charge is 0.334 e. The van der Waals surface area contributed by atoms with Crippen molar-refractivity contribution in [3.8, 4) is 0 Å². The number of nitrogens with zero attached hydrogens (tertiary/aromatic N) is 2. The molecule has 1 unspecified atom stereocenters. The predicted molar refractivity (Wildman–Crippen MR) is 87.7 cm³/mol. The van der Waals surface area contributed by atoms with E-state index < -0.39 is 4.92 Å². The van der Waals surface area contributed by atoms with Crippen molar-refractivity contribution in [1.29, 1.82) is 0 Å². The Morgan fingerprint density at radius 3 is 2.73 bits per heavy atom. The molecule has 7 heteroatoms. The van der Waals surface area contributed by atoms with Gasteiger partial charge in [-0.1, -0.05) is 6.92 Å². The maximum atomic E-state index is 12.7. The molecule has 1 heterocycles. The molecule has 0 bridgehead atoms. The Balaban J connectivity index is 0.00000242. The van der Waals surface area contributed by atoms with Crippen LogP contribution in [0.15, 0.2) is 18.2 Å². The van der Waals surface area contributed by atoms with E-state index in [1.54, 1.807) is 13.0 Å². The molecule has 0 aliphatic carbocycles. The third-order valence-electron chi connectivity index (χ3n) is 3.72. The lowest BCUT2D eigenvalue weighted by Gasteiger charge is -2.28. The Morgan fingerprint density at radius 1 is 1.45 bits per heavy atom. The van der Waals surface area contributed by atoms with Crippen molar-refractivity contribution in [1.82, 2.24) is 10.2 Å². The highest BCUT2D eigenvalue weighted by Gasteiger charge is 2.27. The summed E-state index contributed by atoms with van der Waals surface area (Å²) < 4.78 is 0. The SMILES string of the molecule is CCCN(C(=O)c1cc(C)cc([N+](=O)[O-])c1)C1CCNC1.Cl. The van der Waals surface area contributed by atoms with Gasteiger partial charge in [-0.25, -0.2) is 0 Å². The molecule has 1 aromatic rings. The summed E-state index contributed by atoms with van der Waals surface area (Å²) in [6.07, 6.45) is 1.80. The topological polar surface area (TPSA) is 75.5 Å². The van der Waals surface area contributed by atoms with E-state index in [0.717, 1.165) is 31.5 Å². The number of nitrogens with one attached hydrogen (secondary N) is 1. The lowest BCUT2D eigenvalue weighted by atomic mass is 10.1. The number of nitro benzene ring substituents is 1. The molecule has 6 nitrogen and oxygen atoms in total. The van der Waals surface area contributed by atoms with Crippen molar-refractivity contribution >= 4 is 24.0 Å². The Labute approximate surface area is 136 Å². The van der Waals surface area contributed by atoms with Crippen LogP contribution in [0.2, 0.25) is 0 Å². The number of hydrogen-bond acceptors (Lipinski definition) is 4. The highest BCUT2D eigenvalue weighted by Crippen LogP contribution is 2.20. The van der Waals surface area contributed by atoms with Gasteiger partial charge < -0.3 is 10.2 Å². The van der Waals surface area contributed by atoms with Crippen LogP contribution < -0.4 is 5.32 Å².